The molecule has 0 fully saturated rings. The zero-order valence-corrected chi connectivity index (χ0v) is 14.1. The number of hydrogen-bond acceptors (Lipinski definition) is 7. The summed E-state index contributed by atoms with van der Waals surface area (Å²) in [5, 5.41) is 6.82. The molecular weight excluding hydrogens is 324 g/mol. The van der Waals surface area contributed by atoms with Crippen LogP contribution in [0.25, 0.3) is 11.3 Å². The molecule has 0 amide bonds. The number of aromatic nitrogens is 2. The summed E-state index contributed by atoms with van der Waals surface area (Å²) in [6.45, 7) is 0. The standard InChI is InChI=1S/C17H16N4O2S/c1-22-13-5-6-14(16(8-13)23-2)15-11-24-17(20-15)21-19-10-12-4-3-7-18-9-12/h3-11H,1-2H3,(H,20,21)/b19-10-. The van der Waals surface area contributed by atoms with Crippen LogP contribution in [-0.2, 0) is 0 Å². The topological polar surface area (TPSA) is 68.6 Å². The van der Waals surface area contributed by atoms with Crippen molar-refractivity contribution in [3.05, 3.63) is 53.7 Å². The third-order valence-corrected chi connectivity index (χ3v) is 3.99. The highest BCUT2D eigenvalue weighted by molar-refractivity contribution is 7.14. The van der Waals surface area contributed by atoms with E-state index in [1.807, 2.05) is 35.7 Å². The molecule has 6 nitrogen and oxygen atoms in total. The van der Waals surface area contributed by atoms with Crippen LogP contribution in [-0.4, -0.2) is 30.4 Å². The lowest BCUT2D eigenvalue weighted by atomic mass is 10.1. The lowest BCUT2D eigenvalue weighted by molar-refractivity contribution is 0.395. The van der Waals surface area contributed by atoms with E-state index >= 15 is 0 Å². The third-order valence-electron chi connectivity index (χ3n) is 3.25. The zero-order valence-electron chi connectivity index (χ0n) is 13.3. The number of rotatable bonds is 6. The molecule has 0 spiro atoms. The van der Waals surface area contributed by atoms with Crippen molar-refractivity contribution >= 4 is 22.7 Å². The first-order valence-corrected chi connectivity index (χ1v) is 8.05. The molecule has 122 valence electrons. The van der Waals surface area contributed by atoms with Gasteiger partial charge in [0.05, 0.1) is 26.1 Å². The lowest BCUT2D eigenvalue weighted by Gasteiger charge is -2.08. The number of ether oxygens (including phenoxy) is 2. The number of thiazole rings is 1. The van der Waals surface area contributed by atoms with Crippen LogP contribution in [0.3, 0.4) is 0 Å². The molecule has 0 radical (unpaired) electrons. The number of methoxy groups -OCH3 is 2. The molecule has 1 N–H and O–H groups in total. The fraction of sp³-hybridized carbons (Fsp3) is 0.118. The monoisotopic (exact) mass is 340 g/mol. The van der Waals surface area contributed by atoms with Crippen LogP contribution in [0.4, 0.5) is 5.13 Å². The first kappa shape index (κ1) is 15.9. The Labute approximate surface area is 143 Å². The highest BCUT2D eigenvalue weighted by atomic mass is 32.1. The molecular formula is C17H16N4O2S. The maximum Gasteiger partial charge on any atom is 0.203 e. The predicted octanol–water partition coefficient (Wildman–Crippen LogP) is 3.67. The normalized spacial score (nSPS) is 10.8. The van der Waals surface area contributed by atoms with E-state index in [1.54, 1.807) is 32.8 Å². The van der Waals surface area contributed by atoms with E-state index in [-0.39, 0.29) is 0 Å². The fourth-order valence-corrected chi connectivity index (χ4v) is 2.73. The summed E-state index contributed by atoms with van der Waals surface area (Å²) < 4.78 is 10.6. The molecule has 2 heterocycles. The molecule has 3 rings (SSSR count). The highest BCUT2D eigenvalue weighted by Crippen LogP contribution is 2.34. The van der Waals surface area contributed by atoms with Gasteiger partial charge in [0.1, 0.15) is 11.5 Å². The molecule has 1 aromatic carbocycles. The lowest BCUT2D eigenvalue weighted by Crippen LogP contribution is -1.92. The van der Waals surface area contributed by atoms with Crippen LogP contribution in [0, 0.1) is 0 Å². The van der Waals surface area contributed by atoms with E-state index in [0.29, 0.717) is 10.9 Å². The molecule has 7 heteroatoms. The fourth-order valence-electron chi connectivity index (χ4n) is 2.07. The minimum absolute atomic E-state index is 0.697. The van der Waals surface area contributed by atoms with Crippen molar-refractivity contribution in [3.8, 4) is 22.8 Å². The van der Waals surface area contributed by atoms with Gasteiger partial charge in [0.2, 0.25) is 5.13 Å². The van der Waals surface area contributed by atoms with Crippen LogP contribution in [0.15, 0.2) is 53.2 Å². The smallest absolute Gasteiger partial charge is 0.203 e. The van der Waals surface area contributed by atoms with Crippen LogP contribution in [0.1, 0.15) is 5.56 Å². The summed E-state index contributed by atoms with van der Waals surface area (Å²) in [6.07, 6.45) is 5.16. The Morgan fingerprint density at radius 2 is 2.12 bits per heavy atom. The molecule has 24 heavy (non-hydrogen) atoms. The molecule has 0 unspecified atom stereocenters. The average Bonchev–Trinajstić information content (AvgIpc) is 3.10. The summed E-state index contributed by atoms with van der Waals surface area (Å²) in [4.78, 5) is 8.56. The SMILES string of the molecule is COc1ccc(-c2csc(N/N=C\c3cccnc3)n2)c(OC)c1. The minimum atomic E-state index is 0.697. The molecule has 0 saturated carbocycles. The summed E-state index contributed by atoms with van der Waals surface area (Å²) in [7, 11) is 3.25. The van der Waals surface area contributed by atoms with Crippen LogP contribution >= 0.6 is 11.3 Å². The summed E-state index contributed by atoms with van der Waals surface area (Å²) >= 11 is 1.47. The van der Waals surface area contributed by atoms with Gasteiger partial charge >= 0.3 is 0 Å². The Morgan fingerprint density at radius 1 is 1.21 bits per heavy atom. The van der Waals surface area contributed by atoms with Gasteiger partial charge in [-0.2, -0.15) is 5.10 Å². The molecule has 0 atom stereocenters. The Balaban J connectivity index is 1.75. The summed E-state index contributed by atoms with van der Waals surface area (Å²) in [5.74, 6) is 1.45. The van der Waals surface area contributed by atoms with Crippen LogP contribution in [0.2, 0.25) is 0 Å². The quantitative estimate of drug-likeness (QED) is 0.548. The van der Waals surface area contributed by atoms with Gasteiger partial charge < -0.3 is 9.47 Å². The zero-order chi connectivity index (χ0) is 16.8. The number of pyridine rings is 1. The average molecular weight is 340 g/mol. The van der Waals surface area contributed by atoms with Crippen molar-refractivity contribution in [1.82, 2.24) is 9.97 Å². The van der Waals surface area contributed by atoms with Gasteiger partial charge in [-0.3, -0.25) is 10.4 Å². The number of hydrazone groups is 1. The highest BCUT2D eigenvalue weighted by Gasteiger charge is 2.11. The largest absolute Gasteiger partial charge is 0.497 e. The van der Waals surface area contributed by atoms with Crippen molar-refractivity contribution < 1.29 is 9.47 Å². The third kappa shape index (κ3) is 3.69. The van der Waals surface area contributed by atoms with Crippen LogP contribution < -0.4 is 14.9 Å². The van der Waals surface area contributed by atoms with Crippen molar-refractivity contribution in [1.29, 1.82) is 0 Å². The Morgan fingerprint density at radius 3 is 2.88 bits per heavy atom. The molecule has 0 aliphatic heterocycles. The first-order chi connectivity index (χ1) is 11.8. The van der Waals surface area contributed by atoms with Gasteiger partial charge in [-0.25, -0.2) is 4.98 Å². The molecule has 0 saturated heterocycles. The summed E-state index contributed by atoms with van der Waals surface area (Å²) in [5.41, 5.74) is 5.56. The predicted molar refractivity (Wildman–Crippen MR) is 96.1 cm³/mol. The number of hydrogen-bond donors (Lipinski definition) is 1. The maximum atomic E-state index is 5.42. The Kier molecular flexibility index (Phi) is 5.02. The number of benzene rings is 1. The number of anilines is 1. The minimum Gasteiger partial charge on any atom is -0.497 e. The van der Waals surface area contributed by atoms with Gasteiger partial charge in [0.15, 0.2) is 0 Å². The van der Waals surface area contributed by atoms with E-state index in [1.165, 1.54) is 11.3 Å². The van der Waals surface area contributed by atoms with Crippen molar-refractivity contribution in [2.24, 2.45) is 5.10 Å². The van der Waals surface area contributed by atoms with Gasteiger partial charge in [0.25, 0.3) is 0 Å². The van der Waals surface area contributed by atoms with Crippen molar-refractivity contribution in [2.45, 2.75) is 0 Å². The Hall–Kier alpha value is -2.93. The van der Waals surface area contributed by atoms with Gasteiger partial charge in [-0.05, 0) is 18.2 Å². The second kappa shape index (κ2) is 7.56. The van der Waals surface area contributed by atoms with Gasteiger partial charge in [-0.15, -0.1) is 11.3 Å². The number of nitrogens with zero attached hydrogens (tertiary/aromatic N) is 3. The van der Waals surface area contributed by atoms with E-state index in [0.717, 1.165) is 22.6 Å². The van der Waals surface area contributed by atoms with Gasteiger partial charge in [-0.1, -0.05) is 6.07 Å². The second-order valence-corrected chi connectivity index (χ2v) is 5.62. The van der Waals surface area contributed by atoms with E-state index in [2.05, 4.69) is 20.5 Å². The van der Waals surface area contributed by atoms with E-state index in [4.69, 9.17) is 9.47 Å². The summed E-state index contributed by atoms with van der Waals surface area (Å²) in [6, 6.07) is 9.43. The number of nitrogens with one attached hydrogen (secondary N) is 1. The molecule has 0 aliphatic carbocycles. The van der Waals surface area contributed by atoms with Gasteiger partial charge in [0, 0.05) is 35.0 Å². The first-order valence-electron chi connectivity index (χ1n) is 7.17. The Bertz CT molecular complexity index is 834. The van der Waals surface area contributed by atoms with Crippen molar-refractivity contribution in [2.75, 3.05) is 19.6 Å². The molecule has 0 bridgehead atoms. The van der Waals surface area contributed by atoms with E-state index < -0.39 is 0 Å². The molecule has 2 aromatic heterocycles. The second-order valence-electron chi connectivity index (χ2n) is 4.76. The van der Waals surface area contributed by atoms with Crippen molar-refractivity contribution in [3.63, 3.8) is 0 Å². The molecule has 3 aromatic rings. The van der Waals surface area contributed by atoms with E-state index in [9.17, 15) is 0 Å². The maximum absolute atomic E-state index is 5.42. The van der Waals surface area contributed by atoms with Crippen LogP contribution in [0.5, 0.6) is 11.5 Å². The molecule has 0 aliphatic rings.